The van der Waals surface area contributed by atoms with Gasteiger partial charge in [-0.3, -0.25) is 0 Å². The molecule has 0 radical (unpaired) electrons. The third-order valence-corrected chi connectivity index (χ3v) is 10.6. The molecule has 55 heavy (non-hydrogen) atoms. The molecule has 0 aromatic heterocycles. The van der Waals surface area contributed by atoms with Gasteiger partial charge >= 0.3 is 16.5 Å². The van der Waals surface area contributed by atoms with Crippen LogP contribution in [-0.4, -0.2) is 4.70 Å². The van der Waals surface area contributed by atoms with Crippen LogP contribution in [0.15, 0.2) is 84.4 Å². The van der Waals surface area contributed by atoms with Crippen molar-refractivity contribution in [2.24, 2.45) is 0 Å². The SMILES string of the molecule is CCCCCc1c(CC)cc(C2=CC(CCCC)=C(c3cc(CC)c(CCCCC)c(CC)c3)[N+]2=[N-])cc1CC.Cc1cc[c-]cc1.Cc1cc[c-]cc1.[Ni+2]. The molecule has 0 bridgehead atoms. The standard InChI is InChI=1S/C38H56N2.2C7H7.Ni/c1-8-15-18-21-35-28(11-4)23-33(24-29(35)12-5)37-27-32(20-17-10-3)38(40(37)39)34-25-30(13-6)36(22-19-16-9-2)31(14-7)26-34;2*1-7-5-3-2-4-6-7;/h23-27H,8-22H2,1-7H3;2*3-6H,1H3;/q;2*-1;+2. The summed E-state index contributed by atoms with van der Waals surface area (Å²) in [6.07, 6.45) is 19.6. The first-order valence-electron chi connectivity index (χ1n) is 21.4. The summed E-state index contributed by atoms with van der Waals surface area (Å²) in [7, 11) is 0. The minimum atomic E-state index is 0. The van der Waals surface area contributed by atoms with E-state index in [-0.39, 0.29) is 16.5 Å². The van der Waals surface area contributed by atoms with Gasteiger partial charge in [-0.05, 0) is 122 Å². The van der Waals surface area contributed by atoms with E-state index in [0.717, 1.165) is 68.3 Å². The predicted molar refractivity (Wildman–Crippen MR) is 235 cm³/mol. The van der Waals surface area contributed by atoms with Gasteiger partial charge in [-0.25, -0.2) is 4.70 Å². The maximum atomic E-state index is 11.9. The van der Waals surface area contributed by atoms with Crippen LogP contribution in [0, 0.1) is 26.0 Å². The summed E-state index contributed by atoms with van der Waals surface area (Å²) in [4.78, 5) is 0. The fraction of sp³-hybridized carbons (Fsp3) is 0.462. The van der Waals surface area contributed by atoms with Crippen LogP contribution in [-0.2, 0) is 55.0 Å². The van der Waals surface area contributed by atoms with Crippen molar-refractivity contribution >= 4 is 11.4 Å². The molecule has 2 nitrogen and oxygen atoms in total. The largest absolute Gasteiger partial charge is 2.00 e. The molecule has 298 valence electrons. The average Bonchev–Trinajstić information content (AvgIpc) is 3.53. The Balaban J connectivity index is 0.000000577. The number of hydrogen-bond donors (Lipinski definition) is 0. The van der Waals surface area contributed by atoms with Gasteiger partial charge in [0.05, 0.1) is 0 Å². The van der Waals surface area contributed by atoms with Crippen molar-refractivity contribution in [1.82, 2.24) is 0 Å². The third kappa shape index (κ3) is 14.5. The molecule has 0 aliphatic carbocycles. The summed E-state index contributed by atoms with van der Waals surface area (Å²) in [5.41, 5.74) is 28.9. The number of rotatable bonds is 17. The van der Waals surface area contributed by atoms with Gasteiger partial charge < -0.3 is 5.53 Å². The van der Waals surface area contributed by atoms with Crippen LogP contribution in [0.25, 0.3) is 16.9 Å². The van der Waals surface area contributed by atoms with Crippen LogP contribution in [0.2, 0.25) is 0 Å². The number of benzene rings is 4. The molecule has 0 spiro atoms. The predicted octanol–water partition coefficient (Wildman–Crippen LogP) is 15.0. The average molecular weight is 782 g/mol. The van der Waals surface area contributed by atoms with Crippen molar-refractivity contribution in [2.45, 2.75) is 159 Å². The Kier molecular flexibility index (Phi) is 22.8. The van der Waals surface area contributed by atoms with Gasteiger partial charge in [0.1, 0.15) is 0 Å². The number of allylic oxidation sites excluding steroid dienone is 2. The maximum absolute atomic E-state index is 11.9. The number of hydrogen-bond acceptors (Lipinski definition) is 0. The molecular formula is C52H70N2Ni. The van der Waals surface area contributed by atoms with Crippen LogP contribution in [0.5, 0.6) is 0 Å². The van der Waals surface area contributed by atoms with E-state index < -0.39 is 0 Å². The van der Waals surface area contributed by atoms with E-state index in [1.807, 2.05) is 48.5 Å². The van der Waals surface area contributed by atoms with E-state index in [0.29, 0.717) is 0 Å². The van der Waals surface area contributed by atoms with Crippen molar-refractivity contribution in [3.63, 3.8) is 0 Å². The molecule has 4 aromatic carbocycles. The molecule has 0 saturated carbocycles. The van der Waals surface area contributed by atoms with Gasteiger partial charge in [-0.1, -0.05) is 94.4 Å². The van der Waals surface area contributed by atoms with Crippen LogP contribution in [0.3, 0.4) is 0 Å². The molecule has 0 amide bonds. The summed E-state index contributed by atoms with van der Waals surface area (Å²) in [6, 6.07) is 31.1. The monoisotopic (exact) mass is 780 g/mol. The van der Waals surface area contributed by atoms with Crippen LogP contribution in [0.4, 0.5) is 0 Å². The first-order chi connectivity index (χ1) is 26.3. The molecule has 1 aliphatic rings. The molecule has 0 fully saturated rings. The zero-order chi connectivity index (χ0) is 39.3. The maximum Gasteiger partial charge on any atom is 2.00 e. The zero-order valence-corrected chi connectivity index (χ0v) is 36.8. The summed E-state index contributed by atoms with van der Waals surface area (Å²) >= 11 is 0. The Hall–Kier alpha value is -3.55. The van der Waals surface area contributed by atoms with Gasteiger partial charge in [-0.2, -0.15) is 71.8 Å². The fourth-order valence-corrected chi connectivity index (χ4v) is 7.45. The van der Waals surface area contributed by atoms with Crippen LogP contribution in [0.1, 0.15) is 162 Å². The van der Waals surface area contributed by atoms with Crippen molar-refractivity contribution < 1.29 is 21.2 Å². The topological polar surface area (TPSA) is 25.3 Å². The summed E-state index contributed by atoms with van der Waals surface area (Å²) < 4.78 is 1.53. The van der Waals surface area contributed by atoms with Gasteiger partial charge in [0.25, 0.3) is 0 Å². The quantitative estimate of drug-likeness (QED) is 0.0441. The molecule has 0 N–H and O–H groups in total. The molecular weight excluding hydrogens is 711 g/mol. The normalized spacial score (nSPS) is 12.0. The van der Waals surface area contributed by atoms with E-state index in [1.54, 1.807) is 11.1 Å². The van der Waals surface area contributed by atoms with Crippen LogP contribution >= 0.6 is 0 Å². The molecule has 0 atom stereocenters. The first-order valence-corrected chi connectivity index (χ1v) is 21.4. The van der Waals surface area contributed by atoms with E-state index in [9.17, 15) is 5.53 Å². The second-order valence-electron chi connectivity index (χ2n) is 14.8. The van der Waals surface area contributed by atoms with Gasteiger partial charge in [0, 0.05) is 22.8 Å². The zero-order valence-electron chi connectivity index (χ0n) is 35.8. The Morgan fingerprint density at radius 1 is 0.509 bits per heavy atom. The molecule has 4 aromatic rings. The van der Waals surface area contributed by atoms with E-state index in [1.165, 1.54) is 94.2 Å². The summed E-state index contributed by atoms with van der Waals surface area (Å²) in [5, 5.41) is 0. The summed E-state index contributed by atoms with van der Waals surface area (Å²) in [5.74, 6) is 0. The van der Waals surface area contributed by atoms with Gasteiger partial charge in [0.2, 0.25) is 11.4 Å². The van der Waals surface area contributed by atoms with E-state index >= 15 is 0 Å². The van der Waals surface area contributed by atoms with Crippen molar-refractivity contribution in [3.05, 3.63) is 158 Å². The summed E-state index contributed by atoms with van der Waals surface area (Å²) in [6.45, 7) is 20.1. The van der Waals surface area contributed by atoms with E-state index in [4.69, 9.17) is 0 Å². The molecule has 5 rings (SSSR count). The van der Waals surface area contributed by atoms with Crippen LogP contribution < -0.4 is 0 Å². The van der Waals surface area contributed by atoms with Gasteiger partial charge in [-0.15, -0.1) is 0 Å². The minimum Gasteiger partial charge on any atom is -0.493 e. The number of aryl methyl sites for hydroxylation is 6. The van der Waals surface area contributed by atoms with Crippen molar-refractivity contribution in [2.75, 3.05) is 0 Å². The second kappa shape index (κ2) is 26.3. The number of nitrogens with zero attached hydrogens (tertiary/aromatic N) is 2. The van der Waals surface area contributed by atoms with Crippen molar-refractivity contribution in [1.29, 1.82) is 0 Å². The Morgan fingerprint density at radius 2 is 0.891 bits per heavy atom. The second-order valence-corrected chi connectivity index (χ2v) is 14.8. The number of unbranched alkanes of at least 4 members (excludes halogenated alkanes) is 5. The van der Waals surface area contributed by atoms with E-state index in [2.05, 4.69) is 105 Å². The Morgan fingerprint density at radius 3 is 1.22 bits per heavy atom. The minimum absolute atomic E-state index is 0. The first kappa shape index (κ1) is 47.6. The van der Waals surface area contributed by atoms with Gasteiger partial charge in [0.15, 0.2) is 0 Å². The molecule has 1 aliphatic heterocycles. The Bertz CT molecular complexity index is 1690. The molecule has 3 heteroatoms. The fourth-order valence-electron chi connectivity index (χ4n) is 7.45. The smallest absolute Gasteiger partial charge is 0.493 e. The Labute approximate surface area is 347 Å². The molecule has 0 saturated heterocycles. The molecule has 0 unspecified atom stereocenters. The third-order valence-electron chi connectivity index (χ3n) is 10.6. The van der Waals surface area contributed by atoms with Crippen molar-refractivity contribution in [3.8, 4) is 0 Å². The molecule has 1 heterocycles.